The molecular formula is C20H18. The topological polar surface area (TPSA) is 0 Å². The van der Waals surface area contributed by atoms with Gasteiger partial charge in [0.1, 0.15) is 0 Å². The SMILES string of the molecule is Cc1ccc(-c2ccc(-c3ccccc3)cc2)c(C)c1. The molecule has 0 aliphatic carbocycles. The van der Waals surface area contributed by atoms with Crippen LogP contribution in [0.3, 0.4) is 0 Å². The van der Waals surface area contributed by atoms with E-state index >= 15 is 0 Å². The van der Waals surface area contributed by atoms with E-state index in [4.69, 9.17) is 0 Å². The van der Waals surface area contributed by atoms with Crippen LogP contribution < -0.4 is 0 Å². The summed E-state index contributed by atoms with van der Waals surface area (Å²) >= 11 is 0. The van der Waals surface area contributed by atoms with Gasteiger partial charge in [-0.1, -0.05) is 78.4 Å². The van der Waals surface area contributed by atoms with Crippen LogP contribution in [-0.2, 0) is 0 Å². The standard InChI is InChI=1S/C20H18/c1-15-8-13-20(16(2)14-15)19-11-9-18(10-12-19)17-6-4-3-5-7-17/h3-14H,1-2H3. The van der Waals surface area contributed by atoms with Crippen LogP contribution in [0.1, 0.15) is 11.1 Å². The zero-order valence-corrected chi connectivity index (χ0v) is 11.9. The van der Waals surface area contributed by atoms with Gasteiger partial charge in [0.25, 0.3) is 0 Å². The van der Waals surface area contributed by atoms with Crippen molar-refractivity contribution >= 4 is 0 Å². The smallest absolute Gasteiger partial charge is 0.0155 e. The van der Waals surface area contributed by atoms with Crippen molar-refractivity contribution in [1.82, 2.24) is 0 Å². The molecule has 0 saturated heterocycles. The first-order valence-corrected chi connectivity index (χ1v) is 6.97. The largest absolute Gasteiger partial charge is 0.0622 e. The molecule has 0 unspecified atom stereocenters. The molecule has 0 spiro atoms. The Kier molecular flexibility index (Phi) is 3.39. The van der Waals surface area contributed by atoms with Gasteiger partial charge in [0.15, 0.2) is 0 Å². The van der Waals surface area contributed by atoms with Gasteiger partial charge in [-0.2, -0.15) is 0 Å². The molecule has 98 valence electrons. The Balaban J connectivity index is 1.97. The number of benzene rings is 3. The van der Waals surface area contributed by atoms with Crippen molar-refractivity contribution in [3.63, 3.8) is 0 Å². The summed E-state index contributed by atoms with van der Waals surface area (Å²) in [6, 6.07) is 25.9. The van der Waals surface area contributed by atoms with Gasteiger partial charge in [0.05, 0.1) is 0 Å². The second-order valence-corrected chi connectivity index (χ2v) is 5.26. The fraction of sp³-hybridized carbons (Fsp3) is 0.100. The molecule has 0 aromatic heterocycles. The predicted octanol–water partition coefficient (Wildman–Crippen LogP) is 5.64. The molecule has 3 rings (SSSR count). The van der Waals surface area contributed by atoms with E-state index in [0.29, 0.717) is 0 Å². The Morgan fingerprint density at radius 2 is 1.15 bits per heavy atom. The van der Waals surface area contributed by atoms with Crippen LogP contribution in [0.2, 0.25) is 0 Å². The van der Waals surface area contributed by atoms with Crippen LogP contribution in [0.15, 0.2) is 72.8 Å². The molecule has 0 bridgehead atoms. The Hall–Kier alpha value is -2.34. The van der Waals surface area contributed by atoms with E-state index in [1.165, 1.54) is 33.4 Å². The van der Waals surface area contributed by atoms with Crippen molar-refractivity contribution < 1.29 is 0 Å². The van der Waals surface area contributed by atoms with E-state index in [1.807, 2.05) is 6.07 Å². The first-order chi connectivity index (χ1) is 9.74. The van der Waals surface area contributed by atoms with Crippen LogP contribution >= 0.6 is 0 Å². The fourth-order valence-corrected chi connectivity index (χ4v) is 2.61. The molecule has 0 aliphatic heterocycles. The summed E-state index contributed by atoms with van der Waals surface area (Å²) in [5, 5.41) is 0. The van der Waals surface area contributed by atoms with Gasteiger partial charge in [-0.05, 0) is 41.7 Å². The van der Waals surface area contributed by atoms with E-state index in [-0.39, 0.29) is 0 Å². The normalized spacial score (nSPS) is 10.5. The predicted molar refractivity (Wildman–Crippen MR) is 86.8 cm³/mol. The highest BCUT2D eigenvalue weighted by Gasteiger charge is 2.03. The molecule has 3 aromatic rings. The Bertz CT molecular complexity index is 707. The third-order valence-corrected chi connectivity index (χ3v) is 3.68. The van der Waals surface area contributed by atoms with E-state index in [2.05, 4.69) is 80.6 Å². The van der Waals surface area contributed by atoms with Gasteiger partial charge in [0, 0.05) is 0 Å². The molecule has 0 heterocycles. The second-order valence-electron chi connectivity index (χ2n) is 5.26. The monoisotopic (exact) mass is 258 g/mol. The summed E-state index contributed by atoms with van der Waals surface area (Å²) in [6.07, 6.45) is 0. The Morgan fingerprint density at radius 1 is 0.550 bits per heavy atom. The van der Waals surface area contributed by atoms with Crippen LogP contribution in [0.4, 0.5) is 0 Å². The molecule has 0 N–H and O–H groups in total. The summed E-state index contributed by atoms with van der Waals surface area (Å²) < 4.78 is 0. The van der Waals surface area contributed by atoms with Crippen LogP contribution in [0.5, 0.6) is 0 Å². The molecule has 0 amide bonds. The van der Waals surface area contributed by atoms with Crippen LogP contribution in [0.25, 0.3) is 22.3 Å². The average molecular weight is 258 g/mol. The Morgan fingerprint density at radius 3 is 1.80 bits per heavy atom. The highest BCUT2D eigenvalue weighted by molar-refractivity contribution is 5.72. The van der Waals surface area contributed by atoms with Gasteiger partial charge in [-0.3, -0.25) is 0 Å². The number of hydrogen-bond donors (Lipinski definition) is 0. The van der Waals surface area contributed by atoms with E-state index in [1.54, 1.807) is 0 Å². The number of aryl methyl sites for hydroxylation is 2. The highest BCUT2D eigenvalue weighted by Crippen LogP contribution is 2.27. The van der Waals surface area contributed by atoms with Crippen LogP contribution in [0, 0.1) is 13.8 Å². The van der Waals surface area contributed by atoms with E-state index < -0.39 is 0 Å². The van der Waals surface area contributed by atoms with Crippen molar-refractivity contribution in [3.05, 3.63) is 83.9 Å². The maximum atomic E-state index is 2.24. The van der Waals surface area contributed by atoms with Crippen molar-refractivity contribution in [3.8, 4) is 22.3 Å². The van der Waals surface area contributed by atoms with Crippen LogP contribution in [-0.4, -0.2) is 0 Å². The zero-order valence-electron chi connectivity index (χ0n) is 11.9. The summed E-state index contributed by atoms with van der Waals surface area (Å²) in [5.41, 5.74) is 7.76. The minimum Gasteiger partial charge on any atom is -0.0622 e. The zero-order chi connectivity index (χ0) is 13.9. The van der Waals surface area contributed by atoms with Gasteiger partial charge >= 0.3 is 0 Å². The molecule has 0 nitrogen and oxygen atoms in total. The lowest BCUT2D eigenvalue weighted by molar-refractivity contribution is 1.38. The summed E-state index contributed by atoms with van der Waals surface area (Å²) in [5.74, 6) is 0. The lowest BCUT2D eigenvalue weighted by Gasteiger charge is -2.08. The van der Waals surface area contributed by atoms with Gasteiger partial charge in [-0.15, -0.1) is 0 Å². The minimum atomic E-state index is 1.26. The van der Waals surface area contributed by atoms with Crippen molar-refractivity contribution in [1.29, 1.82) is 0 Å². The maximum Gasteiger partial charge on any atom is -0.0155 e. The molecular weight excluding hydrogens is 240 g/mol. The maximum absolute atomic E-state index is 2.24. The van der Waals surface area contributed by atoms with E-state index in [0.717, 1.165) is 0 Å². The first-order valence-electron chi connectivity index (χ1n) is 6.97. The molecule has 3 aromatic carbocycles. The van der Waals surface area contributed by atoms with Crippen molar-refractivity contribution in [2.24, 2.45) is 0 Å². The number of rotatable bonds is 2. The molecule has 0 fully saturated rings. The summed E-state index contributed by atoms with van der Waals surface area (Å²) in [6.45, 7) is 4.31. The first kappa shape index (κ1) is 12.7. The lowest BCUT2D eigenvalue weighted by atomic mass is 9.96. The molecule has 0 atom stereocenters. The summed E-state index contributed by atoms with van der Waals surface area (Å²) in [4.78, 5) is 0. The quantitative estimate of drug-likeness (QED) is 0.558. The third kappa shape index (κ3) is 2.50. The van der Waals surface area contributed by atoms with Gasteiger partial charge in [-0.25, -0.2) is 0 Å². The highest BCUT2D eigenvalue weighted by atomic mass is 14.1. The fourth-order valence-electron chi connectivity index (χ4n) is 2.61. The Labute approximate surface area is 120 Å². The average Bonchev–Trinajstić information content (AvgIpc) is 2.48. The molecule has 0 heteroatoms. The third-order valence-electron chi connectivity index (χ3n) is 3.68. The van der Waals surface area contributed by atoms with Gasteiger partial charge in [0.2, 0.25) is 0 Å². The number of hydrogen-bond acceptors (Lipinski definition) is 0. The molecule has 20 heavy (non-hydrogen) atoms. The van der Waals surface area contributed by atoms with Crippen molar-refractivity contribution in [2.45, 2.75) is 13.8 Å². The summed E-state index contributed by atoms with van der Waals surface area (Å²) in [7, 11) is 0. The minimum absolute atomic E-state index is 1.26. The second kappa shape index (κ2) is 5.34. The molecule has 0 saturated carbocycles. The van der Waals surface area contributed by atoms with E-state index in [9.17, 15) is 0 Å². The molecule has 0 radical (unpaired) electrons. The van der Waals surface area contributed by atoms with Gasteiger partial charge < -0.3 is 0 Å². The molecule has 0 aliphatic rings. The lowest BCUT2D eigenvalue weighted by Crippen LogP contribution is -1.85. The van der Waals surface area contributed by atoms with Crippen molar-refractivity contribution in [2.75, 3.05) is 0 Å².